The van der Waals surface area contributed by atoms with Crippen molar-refractivity contribution in [2.75, 3.05) is 0 Å². The molecule has 19 heavy (non-hydrogen) atoms. The van der Waals surface area contributed by atoms with Crippen molar-refractivity contribution in [2.24, 2.45) is 0 Å². The summed E-state index contributed by atoms with van der Waals surface area (Å²) in [6.07, 6.45) is 0. The van der Waals surface area contributed by atoms with Gasteiger partial charge < -0.3 is 4.74 Å². The van der Waals surface area contributed by atoms with E-state index in [2.05, 4.69) is 6.07 Å². The second-order valence-electron chi connectivity index (χ2n) is 4.09. The molecule has 0 aliphatic carbocycles. The SMILES string of the molecule is Cc1cc(Oc2ccc(CCl)cc2C#N)ccc1Cl. The van der Waals surface area contributed by atoms with Crippen molar-refractivity contribution in [1.29, 1.82) is 5.26 Å². The van der Waals surface area contributed by atoms with E-state index in [-0.39, 0.29) is 0 Å². The lowest BCUT2D eigenvalue weighted by molar-refractivity contribution is 0.480. The lowest BCUT2D eigenvalue weighted by atomic mass is 10.1. The number of halogens is 2. The normalized spacial score (nSPS) is 10.0. The average molecular weight is 292 g/mol. The summed E-state index contributed by atoms with van der Waals surface area (Å²) in [6, 6.07) is 12.8. The first-order chi connectivity index (χ1) is 9.13. The molecular formula is C15H11Cl2NO. The molecule has 2 aromatic carbocycles. The van der Waals surface area contributed by atoms with Gasteiger partial charge in [-0.2, -0.15) is 5.26 Å². The van der Waals surface area contributed by atoms with Crippen LogP contribution in [0.25, 0.3) is 0 Å². The predicted molar refractivity (Wildman–Crippen MR) is 77.0 cm³/mol. The summed E-state index contributed by atoms with van der Waals surface area (Å²) in [4.78, 5) is 0. The van der Waals surface area contributed by atoms with Crippen LogP contribution in [0, 0.1) is 18.3 Å². The van der Waals surface area contributed by atoms with E-state index in [1.54, 1.807) is 24.3 Å². The minimum absolute atomic E-state index is 0.370. The van der Waals surface area contributed by atoms with Crippen LogP contribution in [0.2, 0.25) is 5.02 Å². The highest BCUT2D eigenvalue weighted by Gasteiger charge is 2.07. The first-order valence-electron chi connectivity index (χ1n) is 5.67. The molecule has 96 valence electrons. The molecule has 0 fully saturated rings. The van der Waals surface area contributed by atoms with Gasteiger partial charge in [-0.25, -0.2) is 0 Å². The van der Waals surface area contributed by atoms with E-state index in [1.165, 1.54) is 0 Å². The Labute approximate surface area is 122 Å². The molecule has 0 N–H and O–H groups in total. The third kappa shape index (κ3) is 3.20. The zero-order valence-electron chi connectivity index (χ0n) is 10.3. The zero-order chi connectivity index (χ0) is 13.8. The fraction of sp³-hybridized carbons (Fsp3) is 0.133. The average Bonchev–Trinajstić information content (AvgIpc) is 2.43. The lowest BCUT2D eigenvalue weighted by Gasteiger charge is -2.09. The number of ether oxygens (including phenoxy) is 1. The lowest BCUT2D eigenvalue weighted by Crippen LogP contribution is -1.90. The predicted octanol–water partition coefficient (Wildman–Crippen LogP) is 5.05. The summed E-state index contributed by atoms with van der Waals surface area (Å²) < 4.78 is 5.71. The third-order valence-corrected chi connectivity index (χ3v) is 3.41. The van der Waals surface area contributed by atoms with Crippen molar-refractivity contribution in [3.8, 4) is 17.6 Å². The monoisotopic (exact) mass is 291 g/mol. The van der Waals surface area contributed by atoms with E-state index in [9.17, 15) is 0 Å². The van der Waals surface area contributed by atoms with Crippen molar-refractivity contribution < 1.29 is 4.74 Å². The molecule has 0 saturated heterocycles. The van der Waals surface area contributed by atoms with E-state index >= 15 is 0 Å². The maximum Gasteiger partial charge on any atom is 0.145 e. The Morgan fingerprint density at radius 3 is 2.63 bits per heavy atom. The summed E-state index contributed by atoms with van der Waals surface area (Å²) in [7, 11) is 0. The van der Waals surface area contributed by atoms with Crippen LogP contribution in [0.3, 0.4) is 0 Å². The van der Waals surface area contributed by atoms with Crippen molar-refractivity contribution in [2.45, 2.75) is 12.8 Å². The molecule has 0 heterocycles. The van der Waals surface area contributed by atoms with E-state index in [0.717, 1.165) is 11.1 Å². The molecule has 2 rings (SSSR count). The van der Waals surface area contributed by atoms with Crippen LogP contribution in [0.4, 0.5) is 0 Å². The number of nitriles is 1. The zero-order valence-corrected chi connectivity index (χ0v) is 11.8. The smallest absolute Gasteiger partial charge is 0.145 e. The van der Waals surface area contributed by atoms with E-state index in [1.807, 2.05) is 19.1 Å². The Balaban J connectivity index is 2.33. The van der Waals surface area contributed by atoms with Crippen molar-refractivity contribution in [3.05, 3.63) is 58.1 Å². The van der Waals surface area contributed by atoms with Gasteiger partial charge >= 0.3 is 0 Å². The van der Waals surface area contributed by atoms with Crippen molar-refractivity contribution in [3.63, 3.8) is 0 Å². The Kier molecular flexibility index (Phi) is 4.31. The topological polar surface area (TPSA) is 33.0 Å². The number of nitrogens with zero attached hydrogens (tertiary/aromatic N) is 1. The number of benzene rings is 2. The van der Waals surface area contributed by atoms with Gasteiger partial charge in [-0.15, -0.1) is 11.6 Å². The minimum atomic E-state index is 0.370. The van der Waals surface area contributed by atoms with Crippen LogP contribution >= 0.6 is 23.2 Å². The van der Waals surface area contributed by atoms with Gasteiger partial charge in [-0.1, -0.05) is 17.7 Å². The van der Waals surface area contributed by atoms with Gasteiger partial charge in [0.25, 0.3) is 0 Å². The van der Waals surface area contributed by atoms with Crippen molar-refractivity contribution >= 4 is 23.2 Å². The molecule has 0 atom stereocenters. The number of hydrogen-bond acceptors (Lipinski definition) is 2. The standard InChI is InChI=1S/C15H11Cl2NO/c1-10-6-13(3-4-14(10)17)19-15-5-2-11(8-16)7-12(15)9-18/h2-7H,8H2,1H3. The van der Waals surface area contributed by atoms with Crippen LogP contribution in [0.1, 0.15) is 16.7 Å². The van der Waals surface area contributed by atoms with E-state index < -0.39 is 0 Å². The van der Waals surface area contributed by atoms with Crippen LogP contribution in [-0.2, 0) is 5.88 Å². The fourth-order valence-corrected chi connectivity index (χ4v) is 1.93. The summed E-state index contributed by atoms with van der Waals surface area (Å²) in [5, 5.41) is 9.81. The molecule has 4 heteroatoms. The number of alkyl halides is 1. The van der Waals surface area contributed by atoms with Crippen molar-refractivity contribution in [1.82, 2.24) is 0 Å². The Bertz CT molecular complexity index is 647. The molecule has 0 saturated carbocycles. The van der Waals surface area contributed by atoms with Crippen LogP contribution < -0.4 is 4.74 Å². The molecule has 0 spiro atoms. The van der Waals surface area contributed by atoms with E-state index in [0.29, 0.717) is 28.0 Å². The van der Waals surface area contributed by atoms with Gasteiger partial charge in [0.15, 0.2) is 0 Å². The molecule has 0 aliphatic heterocycles. The number of rotatable bonds is 3. The molecule has 0 amide bonds. The third-order valence-electron chi connectivity index (χ3n) is 2.68. The first kappa shape index (κ1) is 13.7. The highest BCUT2D eigenvalue weighted by atomic mass is 35.5. The largest absolute Gasteiger partial charge is 0.456 e. The Hall–Kier alpha value is -1.69. The number of aryl methyl sites for hydroxylation is 1. The molecule has 0 aliphatic rings. The van der Waals surface area contributed by atoms with Crippen LogP contribution in [-0.4, -0.2) is 0 Å². The Morgan fingerprint density at radius 1 is 1.21 bits per heavy atom. The van der Waals surface area contributed by atoms with Gasteiger partial charge in [0.1, 0.15) is 17.6 Å². The Morgan fingerprint density at radius 2 is 2.00 bits per heavy atom. The number of hydrogen-bond donors (Lipinski definition) is 0. The molecule has 0 aromatic heterocycles. The maximum absolute atomic E-state index is 9.12. The second-order valence-corrected chi connectivity index (χ2v) is 4.76. The van der Waals surface area contributed by atoms with Crippen LogP contribution in [0.5, 0.6) is 11.5 Å². The first-order valence-corrected chi connectivity index (χ1v) is 6.58. The summed E-state index contributed by atoms with van der Waals surface area (Å²) >= 11 is 11.7. The molecule has 2 nitrogen and oxygen atoms in total. The van der Waals surface area contributed by atoms with Gasteiger partial charge in [-0.3, -0.25) is 0 Å². The van der Waals surface area contributed by atoms with E-state index in [4.69, 9.17) is 33.2 Å². The highest BCUT2D eigenvalue weighted by molar-refractivity contribution is 6.31. The summed E-state index contributed by atoms with van der Waals surface area (Å²) in [5.74, 6) is 1.53. The van der Waals surface area contributed by atoms with Gasteiger partial charge in [0.05, 0.1) is 5.56 Å². The minimum Gasteiger partial charge on any atom is -0.456 e. The molecule has 0 bridgehead atoms. The van der Waals surface area contributed by atoms with Crippen LogP contribution in [0.15, 0.2) is 36.4 Å². The summed E-state index contributed by atoms with van der Waals surface area (Å²) in [5.41, 5.74) is 2.28. The molecule has 2 aromatic rings. The molecule has 0 radical (unpaired) electrons. The fourth-order valence-electron chi connectivity index (χ4n) is 1.64. The highest BCUT2D eigenvalue weighted by Crippen LogP contribution is 2.28. The van der Waals surface area contributed by atoms with Gasteiger partial charge in [0.2, 0.25) is 0 Å². The second kappa shape index (κ2) is 5.97. The maximum atomic E-state index is 9.12. The molecule has 0 unspecified atom stereocenters. The molecular weight excluding hydrogens is 281 g/mol. The van der Waals surface area contributed by atoms with Gasteiger partial charge in [-0.05, 0) is 48.4 Å². The summed E-state index contributed by atoms with van der Waals surface area (Å²) in [6.45, 7) is 1.90. The quantitative estimate of drug-likeness (QED) is 0.741. The van der Waals surface area contributed by atoms with Gasteiger partial charge in [0, 0.05) is 10.9 Å².